The van der Waals surface area contributed by atoms with Crippen molar-refractivity contribution in [2.24, 2.45) is 4.99 Å². The number of rotatable bonds is 5. The molecule has 27 heavy (non-hydrogen) atoms. The lowest BCUT2D eigenvalue weighted by Gasteiger charge is -2.11. The zero-order valence-corrected chi connectivity index (χ0v) is 17.3. The molecule has 0 aliphatic carbocycles. The lowest BCUT2D eigenvalue weighted by atomic mass is 10.1. The van der Waals surface area contributed by atoms with Crippen LogP contribution in [0.15, 0.2) is 53.5 Å². The number of carbonyl (C=O) groups excluding carboxylic acids is 1. The van der Waals surface area contributed by atoms with Crippen LogP contribution in [0.4, 0.5) is 5.69 Å². The van der Waals surface area contributed by atoms with Crippen molar-refractivity contribution in [1.82, 2.24) is 4.98 Å². The van der Waals surface area contributed by atoms with Gasteiger partial charge in [-0.05, 0) is 36.8 Å². The Morgan fingerprint density at radius 1 is 1.22 bits per heavy atom. The van der Waals surface area contributed by atoms with Crippen molar-refractivity contribution in [2.45, 2.75) is 18.6 Å². The van der Waals surface area contributed by atoms with E-state index in [-0.39, 0.29) is 11.2 Å². The standard InChI is InChI=1S/C20H19N3OS3/c1-13(26-20-21-10-11-25-20)19(24)22-15-8-6-14(7-9-15)12-18-23-16-4-2-3-5-17(16)27-18/h2-9,13H,10-12H2,1H3,(H,22,24)/t13-/m0/s1. The van der Waals surface area contributed by atoms with Crippen LogP contribution >= 0.6 is 34.9 Å². The minimum absolute atomic E-state index is 0.00845. The first kappa shape index (κ1) is 18.5. The van der Waals surface area contributed by atoms with Crippen molar-refractivity contribution in [3.8, 4) is 0 Å². The van der Waals surface area contributed by atoms with Crippen LogP contribution in [0, 0.1) is 0 Å². The normalized spacial score (nSPS) is 14.9. The molecule has 2 heterocycles. The average molecular weight is 414 g/mol. The van der Waals surface area contributed by atoms with Crippen molar-refractivity contribution in [2.75, 3.05) is 17.6 Å². The smallest absolute Gasteiger partial charge is 0.237 e. The number of nitrogens with one attached hydrogen (secondary N) is 1. The van der Waals surface area contributed by atoms with Gasteiger partial charge in [0.1, 0.15) is 4.38 Å². The molecule has 1 aliphatic rings. The summed E-state index contributed by atoms with van der Waals surface area (Å²) in [6.45, 7) is 2.78. The fraction of sp³-hybridized carbons (Fsp3) is 0.250. The van der Waals surface area contributed by atoms with Gasteiger partial charge in [-0.15, -0.1) is 11.3 Å². The molecule has 0 saturated heterocycles. The summed E-state index contributed by atoms with van der Waals surface area (Å²) >= 11 is 4.99. The number of para-hydroxylation sites is 1. The maximum Gasteiger partial charge on any atom is 0.237 e. The maximum atomic E-state index is 12.4. The number of anilines is 1. The van der Waals surface area contributed by atoms with E-state index in [2.05, 4.69) is 33.5 Å². The van der Waals surface area contributed by atoms with Crippen molar-refractivity contribution in [3.05, 3.63) is 59.1 Å². The van der Waals surface area contributed by atoms with E-state index in [1.165, 1.54) is 22.0 Å². The van der Waals surface area contributed by atoms with E-state index in [4.69, 9.17) is 0 Å². The Hall–Kier alpha value is -1.83. The number of nitrogens with zero attached hydrogens (tertiary/aromatic N) is 2. The van der Waals surface area contributed by atoms with Gasteiger partial charge < -0.3 is 5.32 Å². The van der Waals surface area contributed by atoms with Gasteiger partial charge in [-0.3, -0.25) is 9.79 Å². The second-order valence-corrected chi connectivity index (χ2v) is 9.98. The van der Waals surface area contributed by atoms with Gasteiger partial charge in [0, 0.05) is 17.9 Å². The molecule has 4 nitrogen and oxygen atoms in total. The molecule has 0 spiro atoms. The van der Waals surface area contributed by atoms with Crippen LogP contribution in [0.1, 0.15) is 17.5 Å². The zero-order chi connectivity index (χ0) is 18.6. The van der Waals surface area contributed by atoms with Crippen molar-refractivity contribution >= 4 is 61.0 Å². The number of fused-ring (bicyclic) bond motifs is 1. The molecule has 0 fully saturated rings. The third-order valence-corrected chi connectivity index (χ3v) is 7.46. The summed E-state index contributed by atoms with van der Waals surface area (Å²) in [6.07, 6.45) is 0.802. The van der Waals surface area contributed by atoms with E-state index in [9.17, 15) is 4.79 Å². The molecule has 4 rings (SSSR count). The minimum atomic E-state index is -0.156. The Bertz CT molecular complexity index is 949. The number of thiazole rings is 1. The highest BCUT2D eigenvalue weighted by molar-refractivity contribution is 8.39. The Morgan fingerprint density at radius 3 is 2.78 bits per heavy atom. The molecule has 1 N–H and O–H groups in total. The van der Waals surface area contributed by atoms with Crippen molar-refractivity contribution < 1.29 is 4.79 Å². The predicted molar refractivity (Wildman–Crippen MR) is 119 cm³/mol. The Labute approximate surface area is 170 Å². The number of aromatic nitrogens is 1. The first-order chi connectivity index (χ1) is 13.2. The summed E-state index contributed by atoms with van der Waals surface area (Å²) in [5.74, 6) is 1.03. The maximum absolute atomic E-state index is 12.4. The Balaban J connectivity index is 1.36. The molecule has 1 aromatic heterocycles. The molecule has 0 radical (unpaired) electrons. The number of thioether (sulfide) groups is 2. The van der Waals surface area contributed by atoms with E-state index in [0.717, 1.165) is 39.3 Å². The van der Waals surface area contributed by atoms with Crippen LogP contribution in [0.2, 0.25) is 0 Å². The molecule has 0 bridgehead atoms. The monoisotopic (exact) mass is 413 g/mol. The first-order valence-electron chi connectivity index (χ1n) is 8.75. The number of aliphatic imine (C=N–C) groups is 1. The molecule has 0 unspecified atom stereocenters. The molecule has 1 aliphatic heterocycles. The van der Waals surface area contributed by atoms with Gasteiger partial charge in [-0.2, -0.15) is 0 Å². The van der Waals surface area contributed by atoms with E-state index >= 15 is 0 Å². The van der Waals surface area contributed by atoms with Crippen molar-refractivity contribution in [1.29, 1.82) is 0 Å². The fourth-order valence-corrected chi connectivity index (χ4v) is 5.84. The number of hydrogen-bond acceptors (Lipinski definition) is 6. The Kier molecular flexibility index (Phi) is 5.80. The Morgan fingerprint density at radius 2 is 2.04 bits per heavy atom. The zero-order valence-electron chi connectivity index (χ0n) is 14.8. The van der Waals surface area contributed by atoms with Crippen LogP contribution < -0.4 is 5.32 Å². The highest BCUT2D eigenvalue weighted by Crippen LogP contribution is 2.27. The lowest BCUT2D eigenvalue weighted by molar-refractivity contribution is -0.115. The largest absolute Gasteiger partial charge is 0.325 e. The summed E-state index contributed by atoms with van der Waals surface area (Å²) in [7, 11) is 0. The third kappa shape index (κ3) is 4.72. The number of benzene rings is 2. The van der Waals surface area contributed by atoms with Crippen molar-refractivity contribution in [3.63, 3.8) is 0 Å². The summed E-state index contributed by atoms with van der Waals surface area (Å²) < 4.78 is 2.23. The average Bonchev–Trinajstić information content (AvgIpc) is 3.32. The summed E-state index contributed by atoms with van der Waals surface area (Å²) in [6, 6.07) is 16.2. The van der Waals surface area contributed by atoms with Gasteiger partial charge in [-0.1, -0.05) is 47.8 Å². The van der Waals surface area contributed by atoms with Crippen LogP contribution in [0.3, 0.4) is 0 Å². The van der Waals surface area contributed by atoms with E-state index < -0.39 is 0 Å². The minimum Gasteiger partial charge on any atom is -0.325 e. The third-order valence-electron chi connectivity index (χ3n) is 4.12. The molecular formula is C20H19N3OS3. The van der Waals surface area contributed by atoms with Gasteiger partial charge in [-0.25, -0.2) is 4.98 Å². The van der Waals surface area contributed by atoms with Crippen LogP contribution in [-0.2, 0) is 11.2 Å². The SMILES string of the molecule is C[C@H](SC1=NCCS1)C(=O)Nc1ccc(Cc2nc3ccccc3s2)cc1. The van der Waals surface area contributed by atoms with Crippen LogP contribution in [0.25, 0.3) is 10.2 Å². The fourth-order valence-electron chi connectivity index (χ4n) is 2.71. The first-order valence-corrected chi connectivity index (χ1v) is 11.4. The second-order valence-electron chi connectivity index (χ2n) is 6.19. The number of amides is 1. The van der Waals surface area contributed by atoms with Gasteiger partial charge in [0.05, 0.1) is 27.0 Å². The molecule has 7 heteroatoms. The quantitative estimate of drug-likeness (QED) is 0.636. The summed E-state index contributed by atoms with van der Waals surface area (Å²) in [5, 5.41) is 3.94. The highest BCUT2D eigenvalue weighted by atomic mass is 32.2. The molecular weight excluding hydrogens is 394 g/mol. The number of carbonyl (C=O) groups is 1. The molecule has 0 saturated carbocycles. The lowest BCUT2D eigenvalue weighted by Crippen LogP contribution is -2.23. The van der Waals surface area contributed by atoms with Gasteiger partial charge in [0.15, 0.2) is 0 Å². The molecule has 138 valence electrons. The highest BCUT2D eigenvalue weighted by Gasteiger charge is 2.18. The molecule has 1 atom stereocenters. The summed E-state index contributed by atoms with van der Waals surface area (Å²) in [5.41, 5.74) is 3.06. The second kappa shape index (κ2) is 8.46. The summed E-state index contributed by atoms with van der Waals surface area (Å²) in [4.78, 5) is 21.4. The van der Waals surface area contributed by atoms with Gasteiger partial charge in [0.2, 0.25) is 5.91 Å². The topological polar surface area (TPSA) is 54.4 Å². The van der Waals surface area contributed by atoms with E-state index in [0.29, 0.717) is 0 Å². The molecule has 3 aromatic rings. The molecule has 1 amide bonds. The van der Waals surface area contributed by atoms with Gasteiger partial charge >= 0.3 is 0 Å². The van der Waals surface area contributed by atoms with Gasteiger partial charge in [0.25, 0.3) is 0 Å². The number of hydrogen-bond donors (Lipinski definition) is 1. The van der Waals surface area contributed by atoms with E-state index in [1.54, 1.807) is 23.1 Å². The van der Waals surface area contributed by atoms with Crippen LogP contribution in [-0.4, -0.2) is 32.8 Å². The van der Waals surface area contributed by atoms with E-state index in [1.807, 2.05) is 37.3 Å². The van der Waals surface area contributed by atoms with Crippen LogP contribution in [0.5, 0.6) is 0 Å². The predicted octanol–water partition coefficient (Wildman–Crippen LogP) is 5.05. The molecule has 2 aromatic carbocycles.